The third kappa shape index (κ3) is 4.38. The highest BCUT2D eigenvalue weighted by atomic mass is 32.1. The normalized spacial score (nSPS) is 22.8. The van der Waals surface area contributed by atoms with Gasteiger partial charge in [0.05, 0.1) is 24.4 Å². The Balaban J connectivity index is 1.31. The minimum atomic E-state index is 0.404. The SMILES string of the molecule is Cc1cc(Nc2nc(NC3CCC(N4CCOCC4)CC3)c3ncccc3n2)sn1. The summed E-state index contributed by atoms with van der Waals surface area (Å²) in [6.45, 7) is 5.84. The van der Waals surface area contributed by atoms with Crippen LogP contribution >= 0.6 is 11.5 Å². The van der Waals surface area contributed by atoms with Crippen LogP contribution in [0.4, 0.5) is 16.8 Å². The maximum absolute atomic E-state index is 5.50. The van der Waals surface area contributed by atoms with Gasteiger partial charge in [-0.25, -0.2) is 4.98 Å². The third-order valence-electron chi connectivity index (χ3n) is 5.92. The Bertz CT molecular complexity index is 996. The summed E-state index contributed by atoms with van der Waals surface area (Å²) in [6.07, 6.45) is 6.49. The van der Waals surface area contributed by atoms with Crippen LogP contribution in [0, 0.1) is 6.92 Å². The maximum atomic E-state index is 5.50. The number of anilines is 3. The molecule has 0 bridgehead atoms. The van der Waals surface area contributed by atoms with Crippen LogP contribution in [-0.4, -0.2) is 62.6 Å². The van der Waals surface area contributed by atoms with Gasteiger partial charge in [-0.15, -0.1) is 0 Å². The molecule has 1 saturated heterocycles. The number of morpholine rings is 1. The molecule has 3 aromatic rings. The van der Waals surface area contributed by atoms with Crippen LogP contribution in [0.3, 0.4) is 0 Å². The van der Waals surface area contributed by atoms with Crippen molar-refractivity contribution in [3.8, 4) is 0 Å². The van der Waals surface area contributed by atoms with Gasteiger partial charge in [0.1, 0.15) is 10.5 Å². The molecular formula is C21H27N7OS. The van der Waals surface area contributed by atoms with E-state index in [0.717, 1.165) is 66.7 Å². The summed E-state index contributed by atoms with van der Waals surface area (Å²) in [5.41, 5.74) is 2.64. The van der Waals surface area contributed by atoms with Crippen molar-refractivity contribution in [2.75, 3.05) is 36.9 Å². The minimum Gasteiger partial charge on any atom is -0.379 e. The Morgan fingerprint density at radius 2 is 1.97 bits per heavy atom. The number of hydrogen-bond acceptors (Lipinski definition) is 9. The monoisotopic (exact) mass is 425 g/mol. The fourth-order valence-electron chi connectivity index (χ4n) is 4.38. The highest BCUT2D eigenvalue weighted by Crippen LogP contribution is 2.29. The molecule has 2 N–H and O–H groups in total. The van der Waals surface area contributed by atoms with E-state index in [9.17, 15) is 0 Å². The van der Waals surface area contributed by atoms with Gasteiger partial charge in [-0.05, 0) is 62.3 Å². The van der Waals surface area contributed by atoms with E-state index in [0.29, 0.717) is 18.0 Å². The number of rotatable bonds is 5. The molecule has 30 heavy (non-hydrogen) atoms. The molecule has 2 aliphatic rings. The van der Waals surface area contributed by atoms with Gasteiger partial charge in [0.25, 0.3) is 0 Å². The van der Waals surface area contributed by atoms with E-state index in [1.165, 1.54) is 24.4 Å². The highest BCUT2D eigenvalue weighted by molar-refractivity contribution is 7.10. The molecule has 1 aliphatic heterocycles. The van der Waals surface area contributed by atoms with Gasteiger partial charge < -0.3 is 15.4 Å². The molecule has 1 aliphatic carbocycles. The summed E-state index contributed by atoms with van der Waals surface area (Å²) in [5.74, 6) is 1.38. The Labute approximate surface area is 180 Å². The molecule has 158 valence electrons. The first kappa shape index (κ1) is 19.6. The summed E-state index contributed by atoms with van der Waals surface area (Å²) < 4.78 is 9.82. The van der Waals surface area contributed by atoms with Crippen molar-refractivity contribution in [2.45, 2.75) is 44.7 Å². The molecule has 5 rings (SSSR count). The van der Waals surface area contributed by atoms with Gasteiger partial charge in [0.15, 0.2) is 5.82 Å². The summed E-state index contributed by atoms with van der Waals surface area (Å²) in [7, 11) is 0. The maximum Gasteiger partial charge on any atom is 0.230 e. The van der Waals surface area contributed by atoms with Gasteiger partial charge in [-0.2, -0.15) is 9.36 Å². The minimum absolute atomic E-state index is 0.404. The number of pyridine rings is 1. The smallest absolute Gasteiger partial charge is 0.230 e. The Kier molecular flexibility index (Phi) is 5.74. The van der Waals surface area contributed by atoms with Crippen molar-refractivity contribution in [2.24, 2.45) is 0 Å². The second kappa shape index (κ2) is 8.79. The lowest BCUT2D eigenvalue weighted by Crippen LogP contribution is -2.46. The zero-order valence-electron chi connectivity index (χ0n) is 17.2. The van der Waals surface area contributed by atoms with Crippen molar-refractivity contribution in [1.82, 2.24) is 24.2 Å². The molecule has 3 aromatic heterocycles. The van der Waals surface area contributed by atoms with Crippen LogP contribution in [0.25, 0.3) is 11.0 Å². The summed E-state index contributed by atoms with van der Waals surface area (Å²) in [5, 5.41) is 7.90. The second-order valence-electron chi connectivity index (χ2n) is 8.02. The van der Waals surface area contributed by atoms with Crippen molar-refractivity contribution < 1.29 is 4.74 Å². The van der Waals surface area contributed by atoms with Gasteiger partial charge in [0, 0.05) is 31.4 Å². The van der Waals surface area contributed by atoms with E-state index in [1.807, 2.05) is 25.1 Å². The number of fused-ring (bicyclic) bond motifs is 1. The molecule has 2 fully saturated rings. The lowest BCUT2D eigenvalue weighted by molar-refractivity contribution is 0.00791. The largest absolute Gasteiger partial charge is 0.379 e. The molecule has 0 radical (unpaired) electrons. The predicted molar refractivity (Wildman–Crippen MR) is 120 cm³/mol. The molecule has 0 aromatic carbocycles. The molecule has 0 spiro atoms. The molecule has 0 unspecified atom stereocenters. The van der Waals surface area contributed by atoms with Crippen LogP contribution in [0.15, 0.2) is 24.4 Å². The standard InChI is InChI=1S/C21H27N7OS/c1-14-13-18(30-27-14)25-21-24-17-3-2-8-22-19(17)20(26-21)23-15-4-6-16(7-5-15)28-9-11-29-12-10-28/h2-3,8,13,15-16H,4-7,9-12H2,1H3,(H2,23,24,25,26). The first-order valence-corrected chi connectivity index (χ1v) is 11.4. The fraction of sp³-hybridized carbons (Fsp3) is 0.524. The van der Waals surface area contributed by atoms with Gasteiger partial charge >= 0.3 is 0 Å². The van der Waals surface area contributed by atoms with Crippen molar-refractivity contribution in [3.63, 3.8) is 0 Å². The van der Waals surface area contributed by atoms with Gasteiger partial charge in [0.2, 0.25) is 5.95 Å². The number of hydrogen-bond donors (Lipinski definition) is 2. The van der Waals surface area contributed by atoms with E-state index in [-0.39, 0.29) is 0 Å². The number of ether oxygens (including phenoxy) is 1. The van der Waals surface area contributed by atoms with Crippen molar-refractivity contribution in [3.05, 3.63) is 30.1 Å². The third-order valence-corrected chi connectivity index (χ3v) is 6.71. The Morgan fingerprint density at radius 1 is 1.13 bits per heavy atom. The zero-order valence-corrected chi connectivity index (χ0v) is 18.0. The molecular weight excluding hydrogens is 398 g/mol. The van der Waals surface area contributed by atoms with Crippen LogP contribution in [0.5, 0.6) is 0 Å². The van der Waals surface area contributed by atoms with E-state index < -0.39 is 0 Å². The average Bonchev–Trinajstić information content (AvgIpc) is 3.19. The topological polar surface area (TPSA) is 88.1 Å². The van der Waals surface area contributed by atoms with Crippen LogP contribution < -0.4 is 10.6 Å². The molecule has 9 heteroatoms. The van der Waals surface area contributed by atoms with Gasteiger partial charge in [-0.3, -0.25) is 9.88 Å². The number of aryl methyl sites for hydroxylation is 1. The van der Waals surface area contributed by atoms with Crippen LogP contribution in [0.2, 0.25) is 0 Å². The quantitative estimate of drug-likeness (QED) is 0.641. The predicted octanol–water partition coefficient (Wildman–Crippen LogP) is 3.59. The Morgan fingerprint density at radius 3 is 2.73 bits per heavy atom. The zero-order chi connectivity index (χ0) is 20.3. The number of nitrogens with one attached hydrogen (secondary N) is 2. The van der Waals surface area contributed by atoms with E-state index in [2.05, 4.69) is 29.9 Å². The van der Waals surface area contributed by atoms with Gasteiger partial charge in [-0.1, -0.05) is 0 Å². The lowest BCUT2D eigenvalue weighted by atomic mass is 9.90. The molecule has 4 heterocycles. The van der Waals surface area contributed by atoms with Crippen molar-refractivity contribution >= 4 is 39.3 Å². The fourth-order valence-corrected chi connectivity index (χ4v) is 5.03. The summed E-state index contributed by atoms with van der Waals surface area (Å²) in [6, 6.07) is 6.97. The lowest BCUT2D eigenvalue weighted by Gasteiger charge is -2.39. The second-order valence-corrected chi connectivity index (χ2v) is 8.83. The molecule has 0 amide bonds. The first-order valence-electron chi connectivity index (χ1n) is 10.7. The van der Waals surface area contributed by atoms with E-state index >= 15 is 0 Å². The summed E-state index contributed by atoms with van der Waals surface area (Å²) in [4.78, 5) is 16.5. The number of nitrogens with zero attached hydrogens (tertiary/aromatic N) is 5. The molecule has 1 saturated carbocycles. The van der Waals surface area contributed by atoms with Crippen LogP contribution in [0.1, 0.15) is 31.4 Å². The highest BCUT2D eigenvalue weighted by Gasteiger charge is 2.27. The van der Waals surface area contributed by atoms with Crippen LogP contribution in [-0.2, 0) is 4.74 Å². The molecule has 8 nitrogen and oxygen atoms in total. The first-order chi connectivity index (χ1) is 14.7. The van der Waals surface area contributed by atoms with E-state index in [4.69, 9.17) is 9.72 Å². The Hall–Kier alpha value is -2.36. The van der Waals surface area contributed by atoms with E-state index in [1.54, 1.807) is 6.20 Å². The molecule has 0 atom stereocenters. The van der Waals surface area contributed by atoms with Crippen molar-refractivity contribution in [1.29, 1.82) is 0 Å². The average molecular weight is 426 g/mol. The number of aromatic nitrogens is 4. The summed E-state index contributed by atoms with van der Waals surface area (Å²) >= 11 is 1.41.